The Hall–Kier alpha value is -3.32. The van der Waals surface area contributed by atoms with Crippen molar-refractivity contribution in [1.29, 1.82) is 0 Å². The minimum atomic E-state index is -0.269. The van der Waals surface area contributed by atoms with Crippen molar-refractivity contribution in [2.75, 3.05) is 19.0 Å². The second kappa shape index (κ2) is 10.3. The Kier molecular flexibility index (Phi) is 7.24. The summed E-state index contributed by atoms with van der Waals surface area (Å²) in [6.07, 6.45) is 0.290. The van der Waals surface area contributed by atoms with E-state index in [0.717, 1.165) is 10.4 Å². The number of ether oxygens (including phenoxy) is 2. The SMILES string of the molecule is COc1cccc(OCC(=O)Nc2ccc(CC(=O)NCc3cccs3)cc2)c1. The number of benzene rings is 2. The van der Waals surface area contributed by atoms with Crippen LogP contribution < -0.4 is 20.1 Å². The fourth-order valence-electron chi connectivity index (χ4n) is 2.59. The molecule has 0 aliphatic carbocycles. The van der Waals surface area contributed by atoms with Crippen LogP contribution in [-0.2, 0) is 22.6 Å². The van der Waals surface area contributed by atoms with E-state index in [1.165, 1.54) is 0 Å². The average molecular weight is 410 g/mol. The number of amides is 2. The van der Waals surface area contributed by atoms with Gasteiger partial charge in [-0.2, -0.15) is 0 Å². The van der Waals surface area contributed by atoms with Gasteiger partial charge in [0.05, 0.1) is 20.1 Å². The van der Waals surface area contributed by atoms with E-state index in [0.29, 0.717) is 30.2 Å². The van der Waals surface area contributed by atoms with E-state index in [-0.39, 0.29) is 18.4 Å². The summed E-state index contributed by atoms with van der Waals surface area (Å²) in [6, 6.07) is 18.2. The van der Waals surface area contributed by atoms with Gasteiger partial charge in [-0.3, -0.25) is 9.59 Å². The van der Waals surface area contributed by atoms with Crippen LogP contribution in [0.15, 0.2) is 66.0 Å². The van der Waals surface area contributed by atoms with Gasteiger partial charge in [-0.1, -0.05) is 24.3 Å². The zero-order chi connectivity index (χ0) is 20.5. The Labute approximate surface area is 173 Å². The van der Waals surface area contributed by atoms with Crippen LogP contribution in [0.3, 0.4) is 0 Å². The highest BCUT2D eigenvalue weighted by atomic mass is 32.1. The molecular formula is C22H22N2O4S. The predicted octanol–water partition coefficient (Wildman–Crippen LogP) is 3.63. The molecule has 150 valence electrons. The van der Waals surface area contributed by atoms with Crippen molar-refractivity contribution >= 4 is 28.8 Å². The number of carbonyl (C=O) groups is 2. The van der Waals surface area contributed by atoms with Crippen LogP contribution in [0.4, 0.5) is 5.69 Å². The van der Waals surface area contributed by atoms with Crippen molar-refractivity contribution in [3.8, 4) is 11.5 Å². The van der Waals surface area contributed by atoms with Gasteiger partial charge in [0, 0.05) is 16.6 Å². The second-order valence-electron chi connectivity index (χ2n) is 6.25. The Morgan fingerprint density at radius 2 is 1.76 bits per heavy atom. The minimum absolute atomic E-state index is 0.0399. The zero-order valence-corrected chi connectivity index (χ0v) is 16.8. The monoisotopic (exact) mass is 410 g/mol. The Balaban J connectivity index is 1.43. The number of anilines is 1. The van der Waals surface area contributed by atoms with Crippen molar-refractivity contribution in [3.63, 3.8) is 0 Å². The van der Waals surface area contributed by atoms with Gasteiger partial charge in [-0.25, -0.2) is 0 Å². The highest BCUT2D eigenvalue weighted by Crippen LogP contribution is 2.19. The topological polar surface area (TPSA) is 76.7 Å². The van der Waals surface area contributed by atoms with Gasteiger partial charge in [0.25, 0.3) is 5.91 Å². The number of rotatable bonds is 9. The molecule has 0 spiro atoms. The molecule has 0 fully saturated rings. The summed E-state index contributed by atoms with van der Waals surface area (Å²) in [5.41, 5.74) is 1.52. The fraction of sp³-hybridized carbons (Fsp3) is 0.182. The molecule has 2 amide bonds. The molecule has 0 bridgehead atoms. The lowest BCUT2D eigenvalue weighted by Crippen LogP contribution is -2.24. The van der Waals surface area contributed by atoms with Crippen molar-refractivity contribution in [2.24, 2.45) is 0 Å². The lowest BCUT2D eigenvalue weighted by atomic mass is 10.1. The number of hydrogen-bond donors (Lipinski definition) is 2. The van der Waals surface area contributed by atoms with Crippen LogP contribution in [0.5, 0.6) is 11.5 Å². The first-order valence-corrected chi connectivity index (χ1v) is 9.95. The third-order valence-corrected chi connectivity index (χ3v) is 4.93. The fourth-order valence-corrected chi connectivity index (χ4v) is 3.23. The van der Waals surface area contributed by atoms with E-state index in [2.05, 4.69) is 10.6 Å². The van der Waals surface area contributed by atoms with Crippen molar-refractivity contribution in [1.82, 2.24) is 5.32 Å². The molecule has 29 heavy (non-hydrogen) atoms. The molecule has 1 aromatic heterocycles. The number of thiophene rings is 1. The molecule has 0 aliphatic heterocycles. The zero-order valence-electron chi connectivity index (χ0n) is 16.0. The molecule has 0 aliphatic rings. The molecule has 0 radical (unpaired) electrons. The first kappa shape index (κ1) is 20.4. The Bertz CT molecular complexity index is 940. The molecule has 2 N–H and O–H groups in total. The summed E-state index contributed by atoms with van der Waals surface area (Å²) in [7, 11) is 1.57. The summed E-state index contributed by atoms with van der Waals surface area (Å²) in [5, 5.41) is 7.65. The molecule has 0 unspecified atom stereocenters. The van der Waals surface area contributed by atoms with Crippen LogP contribution in [0.1, 0.15) is 10.4 Å². The lowest BCUT2D eigenvalue weighted by Gasteiger charge is -2.09. The molecule has 0 saturated heterocycles. The summed E-state index contributed by atoms with van der Waals surface area (Å²) in [4.78, 5) is 25.2. The second-order valence-corrected chi connectivity index (χ2v) is 7.28. The molecule has 6 nitrogen and oxygen atoms in total. The first-order chi connectivity index (χ1) is 14.1. The molecule has 1 heterocycles. The van der Waals surface area contributed by atoms with Gasteiger partial charge in [-0.05, 0) is 41.3 Å². The van der Waals surface area contributed by atoms with Crippen LogP contribution in [0.25, 0.3) is 0 Å². The largest absolute Gasteiger partial charge is 0.497 e. The van der Waals surface area contributed by atoms with Gasteiger partial charge in [0.1, 0.15) is 11.5 Å². The number of nitrogens with one attached hydrogen (secondary N) is 2. The number of methoxy groups -OCH3 is 1. The normalized spacial score (nSPS) is 10.2. The molecular weight excluding hydrogens is 388 g/mol. The summed E-state index contributed by atoms with van der Waals surface area (Å²) >= 11 is 1.61. The lowest BCUT2D eigenvalue weighted by molar-refractivity contribution is -0.120. The maximum Gasteiger partial charge on any atom is 0.262 e. The highest BCUT2D eigenvalue weighted by molar-refractivity contribution is 7.09. The maximum atomic E-state index is 12.1. The molecule has 2 aromatic carbocycles. The predicted molar refractivity (Wildman–Crippen MR) is 113 cm³/mol. The Morgan fingerprint density at radius 3 is 2.48 bits per heavy atom. The van der Waals surface area contributed by atoms with E-state index >= 15 is 0 Å². The standard InChI is InChI=1S/C22H22N2O4S/c1-27-18-4-2-5-19(13-18)28-15-22(26)24-17-9-7-16(8-10-17)12-21(25)23-14-20-6-3-11-29-20/h2-11,13H,12,14-15H2,1H3,(H,23,25)(H,24,26). The minimum Gasteiger partial charge on any atom is -0.497 e. The Morgan fingerprint density at radius 1 is 0.966 bits per heavy atom. The van der Waals surface area contributed by atoms with Crippen molar-refractivity contribution < 1.29 is 19.1 Å². The van der Waals surface area contributed by atoms with Crippen molar-refractivity contribution in [2.45, 2.75) is 13.0 Å². The molecule has 0 atom stereocenters. The van der Waals surface area contributed by atoms with Crippen LogP contribution in [0, 0.1) is 0 Å². The third kappa shape index (κ3) is 6.65. The quantitative estimate of drug-likeness (QED) is 0.565. The average Bonchev–Trinajstić information content (AvgIpc) is 3.26. The smallest absolute Gasteiger partial charge is 0.262 e. The highest BCUT2D eigenvalue weighted by Gasteiger charge is 2.07. The first-order valence-electron chi connectivity index (χ1n) is 9.07. The summed E-state index contributed by atoms with van der Waals surface area (Å²) < 4.78 is 10.6. The van der Waals surface area contributed by atoms with E-state index < -0.39 is 0 Å². The van der Waals surface area contributed by atoms with E-state index in [1.807, 2.05) is 29.6 Å². The van der Waals surface area contributed by atoms with Gasteiger partial charge in [0.15, 0.2) is 6.61 Å². The van der Waals surface area contributed by atoms with E-state index in [1.54, 1.807) is 54.8 Å². The van der Waals surface area contributed by atoms with E-state index in [9.17, 15) is 9.59 Å². The van der Waals surface area contributed by atoms with Gasteiger partial charge in [-0.15, -0.1) is 11.3 Å². The molecule has 3 aromatic rings. The van der Waals surface area contributed by atoms with E-state index in [4.69, 9.17) is 9.47 Å². The van der Waals surface area contributed by atoms with Crippen LogP contribution in [0.2, 0.25) is 0 Å². The van der Waals surface area contributed by atoms with Gasteiger partial charge in [0.2, 0.25) is 5.91 Å². The van der Waals surface area contributed by atoms with Gasteiger partial charge < -0.3 is 20.1 Å². The summed E-state index contributed by atoms with van der Waals surface area (Å²) in [6.45, 7) is 0.429. The maximum absolute atomic E-state index is 12.1. The number of carbonyl (C=O) groups excluding carboxylic acids is 2. The number of hydrogen-bond acceptors (Lipinski definition) is 5. The summed E-state index contributed by atoms with van der Waals surface area (Å²) in [5.74, 6) is 0.914. The van der Waals surface area contributed by atoms with Crippen LogP contribution in [-0.4, -0.2) is 25.5 Å². The third-order valence-electron chi connectivity index (χ3n) is 4.05. The van der Waals surface area contributed by atoms with Gasteiger partial charge >= 0.3 is 0 Å². The van der Waals surface area contributed by atoms with Crippen LogP contribution >= 0.6 is 11.3 Å². The van der Waals surface area contributed by atoms with Crippen molar-refractivity contribution in [3.05, 3.63) is 76.5 Å². The molecule has 7 heteroatoms. The molecule has 3 rings (SSSR count). The molecule has 0 saturated carbocycles.